The summed E-state index contributed by atoms with van der Waals surface area (Å²) >= 11 is 5.96. The Balaban J connectivity index is 1.94. The summed E-state index contributed by atoms with van der Waals surface area (Å²) in [6, 6.07) is 10.6. The van der Waals surface area contributed by atoms with Crippen LogP contribution in [0, 0.1) is 15.5 Å². The first-order valence-corrected chi connectivity index (χ1v) is 10.3. The highest BCUT2D eigenvalue weighted by molar-refractivity contribution is 6.31. The molecule has 1 atom stereocenters. The fourth-order valence-electron chi connectivity index (χ4n) is 4.52. The number of phenolic OH excluding ortho intramolecular Hbond substituents is 1. The average molecular weight is 441 g/mol. The fourth-order valence-corrected chi connectivity index (χ4v) is 4.68. The number of Topliss-reactive ketones (excluding diaryl/α,β-unsaturated/α-hetero) is 1. The van der Waals surface area contributed by atoms with Crippen LogP contribution in [0.25, 0.3) is 0 Å². The Morgan fingerprint density at radius 1 is 1.13 bits per heavy atom. The highest BCUT2D eigenvalue weighted by Crippen LogP contribution is 2.49. The molecule has 1 unspecified atom stereocenters. The SMILES string of the molecule is CC1(C)CC(=O)C2=C(C1)N(c1ccc(Cl)cc1[N+](=O)[O-])C(=O)CC2c1ccc(O)cc1. The summed E-state index contributed by atoms with van der Waals surface area (Å²) in [7, 11) is 0. The summed E-state index contributed by atoms with van der Waals surface area (Å²) in [6.07, 6.45) is 0.745. The molecule has 0 spiro atoms. The van der Waals surface area contributed by atoms with Gasteiger partial charge in [0.05, 0.1) is 4.92 Å². The van der Waals surface area contributed by atoms with Gasteiger partial charge in [0.15, 0.2) is 5.78 Å². The van der Waals surface area contributed by atoms with Crippen LogP contribution in [0.1, 0.15) is 44.6 Å². The summed E-state index contributed by atoms with van der Waals surface area (Å²) < 4.78 is 0. The van der Waals surface area contributed by atoms with Crippen LogP contribution >= 0.6 is 11.6 Å². The van der Waals surface area contributed by atoms with Gasteiger partial charge in [0.1, 0.15) is 11.4 Å². The lowest BCUT2D eigenvalue weighted by molar-refractivity contribution is -0.384. The second-order valence-electron chi connectivity index (χ2n) is 8.77. The maximum absolute atomic E-state index is 13.4. The zero-order valence-corrected chi connectivity index (χ0v) is 17.8. The quantitative estimate of drug-likeness (QED) is 0.527. The number of allylic oxidation sites excluding steroid dienone is 2. The van der Waals surface area contributed by atoms with Gasteiger partial charge in [-0.25, -0.2) is 0 Å². The Bertz CT molecular complexity index is 1140. The van der Waals surface area contributed by atoms with E-state index in [4.69, 9.17) is 11.6 Å². The number of carbonyl (C=O) groups excluding carboxylic acids is 2. The minimum atomic E-state index is -0.573. The van der Waals surface area contributed by atoms with E-state index in [2.05, 4.69) is 0 Å². The number of nitro benzene ring substituents is 1. The molecule has 1 aliphatic heterocycles. The predicted octanol–water partition coefficient (Wildman–Crippen LogP) is 5.12. The molecule has 160 valence electrons. The summed E-state index contributed by atoms with van der Waals surface area (Å²) in [5.74, 6) is -0.768. The third kappa shape index (κ3) is 3.81. The lowest BCUT2D eigenvalue weighted by Gasteiger charge is -2.42. The maximum Gasteiger partial charge on any atom is 0.294 e. The van der Waals surface area contributed by atoms with Crippen LogP contribution < -0.4 is 4.90 Å². The average Bonchev–Trinajstić information content (AvgIpc) is 2.67. The minimum absolute atomic E-state index is 0.00441. The number of hydrogen-bond donors (Lipinski definition) is 1. The van der Waals surface area contributed by atoms with E-state index in [1.165, 1.54) is 35.2 Å². The summed E-state index contributed by atoms with van der Waals surface area (Å²) in [6.45, 7) is 3.88. The number of carbonyl (C=O) groups is 2. The van der Waals surface area contributed by atoms with E-state index in [1.54, 1.807) is 12.1 Å². The second-order valence-corrected chi connectivity index (χ2v) is 9.21. The van der Waals surface area contributed by atoms with E-state index >= 15 is 0 Å². The Morgan fingerprint density at radius 3 is 2.45 bits per heavy atom. The Morgan fingerprint density at radius 2 is 1.81 bits per heavy atom. The molecule has 0 fully saturated rings. The van der Waals surface area contributed by atoms with E-state index in [1.807, 2.05) is 13.8 Å². The van der Waals surface area contributed by atoms with Gasteiger partial charge in [-0.1, -0.05) is 37.6 Å². The second kappa shape index (κ2) is 7.50. The zero-order chi connectivity index (χ0) is 22.5. The van der Waals surface area contributed by atoms with Crippen molar-refractivity contribution in [2.45, 2.75) is 39.0 Å². The molecule has 1 aliphatic carbocycles. The molecule has 31 heavy (non-hydrogen) atoms. The number of nitro groups is 1. The number of amides is 1. The number of hydrogen-bond acceptors (Lipinski definition) is 5. The number of ketones is 1. The number of anilines is 1. The Hall–Kier alpha value is -3.19. The normalized spacial score (nSPS) is 20.6. The van der Waals surface area contributed by atoms with E-state index < -0.39 is 16.3 Å². The molecular weight excluding hydrogens is 420 g/mol. The van der Waals surface area contributed by atoms with Crippen LogP contribution in [0.4, 0.5) is 11.4 Å². The van der Waals surface area contributed by atoms with Gasteiger partial charge in [-0.2, -0.15) is 0 Å². The van der Waals surface area contributed by atoms with Crippen LogP contribution in [0.15, 0.2) is 53.7 Å². The molecular formula is C23H21ClN2O5. The molecule has 0 saturated carbocycles. The molecule has 1 amide bonds. The topological polar surface area (TPSA) is 101 Å². The Kier molecular flexibility index (Phi) is 5.09. The molecule has 4 rings (SSSR count). The fraction of sp³-hybridized carbons (Fsp3) is 0.304. The Labute approximate surface area is 184 Å². The number of halogens is 1. The smallest absolute Gasteiger partial charge is 0.294 e. The number of aromatic hydroxyl groups is 1. The molecule has 1 N–H and O–H groups in total. The first kappa shape index (κ1) is 21.1. The van der Waals surface area contributed by atoms with Crippen molar-refractivity contribution in [2.24, 2.45) is 5.41 Å². The van der Waals surface area contributed by atoms with Gasteiger partial charge in [-0.3, -0.25) is 24.6 Å². The zero-order valence-electron chi connectivity index (χ0n) is 17.1. The molecule has 0 saturated heterocycles. The molecule has 1 heterocycles. The van der Waals surface area contributed by atoms with Gasteiger partial charge in [-0.05, 0) is 41.7 Å². The maximum atomic E-state index is 13.4. The van der Waals surface area contributed by atoms with E-state index in [-0.39, 0.29) is 40.3 Å². The molecule has 2 aliphatic rings. The predicted molar refractivity (Wildman–Crippen MR) is 116 cm³/mol. The minimum Gasteiger partial charge on any atom is -0.508 e. The molecule has 2 aromatic carbocycles. The van der Waals surface area contributed by atoms with Crippen molar-refractivity contribution in [3.63, 3.8) is 0 Å². The molecule has 7 nitrogen and oxygen atoms in total. The van der Waals surface area contributed by atoms with Gasteiger partial charge in [0.25, 0.3) is 5.69 Å². The van der Waals surface area contributed by atoms with Crippen molar-refractivity contribution >= 4 is 34.7 Å². The molecule has 0 bridgehead atoms. The van der Waals surface area contributed by atoms with Crippen LogP contribution in [-0.4, -0.2) is 21.7 Å². The lowest BCUT2D eigenvalue weighted by Crippen LogP contribution is -2.44. The van der Waals surface area contributed by atoms with Gasteiger partial charge in [0.2, 0.25) is 5.91 Å². The van der Waals surface area contributed by atoms with Gasteiger partial charge >= 0.3 is 0 Å². The van der Waals surface area contributed by atoms with Gasteiger partial charge < -0.3 is 5.11 Å². The molecule has 0 radical (unpaired) electrons. The highest BCUT2D eigenvalue weighted by Gasteiger charge is 2.45. The van der Waals surface area contributed by atoms with Crippen molar-refractivity contribution in [3.05, 3.63) is 74.4 Å². The van der Waals surface area contributed by atoms with Gasteiger partial charge in [-0.15, -0.1) is 0 Å². The summed E-state index contributed by atoms with van der Waals surface area (Å²) in [4.78, 5) is 39.1. The number of rotatable bonds is 3. The van der Waals surface area contributed by atoms with Crippen LogP contribution in [0.2, 0.25) is 5.02 Å². The van der Waals surface area contributed by atoms with E-state index in [0.717, 1.165) is 5.56 Å². The van der Waals surface area contributed by atoms with Crippen LogP contribution in [-0.2, 0) is 9.59 Å². The van der Waals surface area contributed by atoms with Crippen molar-refractivity contribution in [1.29, 1.82) is 0 Å². The van der Waals surface area contributed by atoms with Crippen molar-refractivity contribution in [1.82, 2.24) is 0 Å². The van der Waals surface area contributed by atoms with Crippen molar-refractivity contribution in [2.75, 3.05) is 4.90 Å². The first-order chi connectivity index (χ1) is 14.6. The monoisotopic (exact) mass is 440 g/mol. The number of nitrogens with zero attached hydrogens (tertiary/aromatic N) is 2. The van der Waals surface area contributed by atoms with E-state index in [0.29, 0.717) is 24.1 Å². The summed E-state index contributed by atoms with van der Waals surface area (Å²) in [5.41, 5.74) is 1.19. The first-order valence-electron chi connectivity index (χ1n) is 9.89. The molecule has 0 aromatic heterocycles. The third-order valence-corrected chi connectivity index (χ3v) is 6.05. The molecule has 8 heteroatoms. The van der Waals surface area contributed by atoms with Crippen molar-refractivity contribution < 1.29 is 19.6 Å². The molecule has 2 aromatic rings. The van der Waals surface area contributed by atoms with Gasteiger partial charge in [0, 0.05) is 41.1 Å². The number of phenols is 1. The standard InChI is InChI=1S/C23H21ClN2O5/c1-23(2)11-19-22(20(28)12-23)16(13-3-6-15(27)7-4-13)10-21(29)25(19)17-8-5-14(24)9-18(17)26(30)31/h3-9,16,27H,10-12H2,1-2H3. The van der Waals surface area contributed by atoms with Crippen LogP contribution in [0.3, 0.4) is 0 Å². The lowest BCUT2D eigenvalue weighted by atomic mass is 9.69. The van der Waals surface area contributed by atoms with E-state index in [9.17, 15) is 24.8 Å². The van der Waals surface area contributed by atoms with Crippen LogP contribution in [0.5, 0.6) is 5.75 Å². The van der Waals surface area contributed by atoms with Crippen molar-refractivity contribution in [3.8, 4) is 5.75 Å². The number of benzene rings is 2. The summed E-state index contributed by atoms with van der Waals surface area (Å²) in [5, 5.41) is 21.5. The third-order valence-electron chi connectivity index (χ3n) is 5.81. The largest absolute Gasteiger partial charge is 0.508 e. The highest BCUT2D eigenvalue weighted by atomic mass is 35.5.